The third-order valence-corrected chi connectivity index (χ3v) is 4.67. The third kappa shape index (κ3) is 5.32. The van der Waals surface area contributed by atoms with Gasteiger partial charge in [0.05, 0.1) is 6.26 Å². The normalized spacial score (nSPS) is 12.2. The average molecular weight is 431 g/mol. The quantitative estimate of drug-likeness (QED) is 0.450. The Hall–Kier alpha value is -3.46. The van der Waals surface area contributed by atoms with E-state index in [4.69, 9.17) is 9.15 Å². The van der Waals surface area contributed by atoms with Gasteiger partial charge in [-0.2, -0.15) is 0 Å². The molecule has 1 atom stereocenters. The number of halogens is 1. The van der Waals surface area contributed by atoms with Gasteiger partial charge in [0, 0.05) is 16.8 Å². The summed E-state index contributed by atoms with van der Waals surface area (Å²) in [5.74, 6) is -1.41. The summed E-state index contributed by atoms with van der Waals surface area (Å²) in [4.78, 5) is 24.8. The highest BCUT2D eigenvalue weighted by molar-refractivity contribution is 7.92. The first-order valence-corrected chi connectivity index (χ1v) is 10.7. The van der Waals surface area contributed by atoms with E-state index in [0.29, 0.717) is 17.0 Å². The highest BCUT2D eigenvalue weighted by atomic mass is 32.2. The van der Waals surface area contributed by atoms with E-state index in [-0.39, 0.29) is 11.3 Å². The van der Waals surface area contributed by atoms with E-state index < -0.39 is 33.7 Å². The Bertz CT molecular complexity index is 1170. The Kier molecular flexibility index (Phi) is 6.02. The molecule has 3 aromatic rings. The van der Waals surface area contributed by atoms with Gasteiger partial charge in [-0.1, -0.05) is 0 Å². The van der Waals surface area contributed by atoms with Gasteiger partial charge in [-0.3, -0.25) is 9.52 Å². The van der Waals surface area contributed by atoms with E-state index in [0.717, 1.165) is 6.26 Å². The first kappa shape index (κ1) is 21.3. The maximum absolute atomic E-state index is 13.0. The van der Waals surface area contributed by atoms with E-state index in [1.54, 1.807) is 6.07 Å². The number of ether oxygens (including phenoxy) is 1. The summed E-state index contributed by atoms with van der Waals surface area (Å²) >= 11 is 0. The molecule has 0 aliphatic carbocycles. The zero-order valence-corrected chi connectivity index (χ0v) is 16.9. The van der Waals surface area contributed by atoms with E-state index in [9.17, 15) is 22.4 Å². The number of benzene rings is 2. The number of carbonyl (C=O) groups excluding carboxylic acids is 2. The van der Waals surface area contributed by atoms with Crippen LogP contribution in [0.3, 0.4) is 0 Å². The molecule has 0 aliphatic rings. The Morgan fingerprint density at radius 1 is 1.00 bits per heavy atom. The number of hydrogen-bond donors (Lipinski definition) is 1. The molecule has 9 heteroatoms. The second-order valence-electron chi connectivity index (χ2n) is 6.53. The smallest absolute Gasteiger partial charge is 0.374 e. The van der Waals surface area contributed by atoms with Crippen LogP contribution in [-0.2, 0) is 14.8 Å². The number of rotatable bonds is 7. The largest absolute Gasteiger partial charge is 0.449 e. The molecule has 156 valence electrons. The predicted molar refractivity (Wildman–Crippen MR) is 108 cm³/mol. The monoisotopic (exact) mass is 431 g/mol. The molecule has 1 unspecified atom stereocenters. The van der Waals surface area contributed by atoms with Crippen molar-refractivity contribution < 1.29 is 31.6 Å². The molecule has 3 rings (SSSR count). The number of sulfonamides is 1. The molecule has 0 bridgehead atoms. The second kappa shape index (κ2) is 8.50. The minimum Gasteiger partial charge on any atom is -0.449 e. The molecule has 1 heterocycles. The van der Waals surface area contributed by atoms with Crippen LogP contribution in [0.5, 0.6) is 0 Å². The molecular formula is C21H18FNO6S. The number of nitrogens with one attached hydrogen (secondary N) is 1. The lowest BCUT2D eigenvalue weighted by atomic mass is 10.1. The van der Waals surface area contributed by atoms with Crippen LogP contribution in [0.1, 0.15) is 27.8 Å². The highest BCUT2D eigenvalue weighted by Gasteiger charge is 2.22. The molecule has 1 N–H and O–H groups in total. The van der Waals surface area contributed by atoms with Crippen molar-refractivity contribution in [3.8, 4) is 11.3 Å². The Morgan fingerprint density at radius 2 is 1.63 bits per heavy atom. The summed E-state index contributed by atoms with van der Waals surface area (Å²) in [6.07, 6.45) is -0.0745. The predicted octanol–water partition coefficient (Wildman–Crippen LogP) is 3.89. The maximum Gasteiger partial charge on any atom is 0.374 e. The van der Waals surface area contributed by atoms with Crippen LogP contribution in [-0.4, -0.2) is 32.5 Å². The van der Waals surface area contributed by atoms with Crippen molar-refractivity contribution in [2.45, 2.75) is 13.0 Å². The van der Waals surface area contributed by atoms with E-state index >= 15 is 0 Å². The number of ketones is 1. The lowest BCUT2D eigenvalue weighted by Crippen LogP contribution is -2.24. The van der Waals surface area contributed by atoms with Gasteiger partial charge in [0.1, 0.15) is 11.6 Å². The van der Waals surface area contributed by atoms with Crippen molar-refractivity contribution in [1.82, 2.24) is 0 Å². The van der Waals surface area contributed by atoms with Crippen LogP contribution in [0.25, 0.3) is 11.3 Å². The Morgan fingerprint density at radius 3 is 2.23 bits per heavy atom. The first-order valence-electron chi connectivity index (χ1n) is 8.81. The summed E-state index contributed by atoms with van der Waals surface area (Å²) in [5.41, 5.74) is 1.14. The van der Waals surface area contributed by atoms with Crippen molar-refractivity contribution in [1.29, 1.82) is 0 Å². The number of hydrogen-bond acceptors (Lipinski definition) is 6. The van der Waals surface area contributed by atoms with Gasteiger partial charge >= 0.3 is 5.97 Å². The molecule has 0 saturated carbocycles. The zero-order valence-electron chi connectivity index (χ0n) is 16.1. The van der Waals surface area contributed by atoms with Crippen molar-refractivity contribution in [2.75, 3.05) is 11.0 Å². The Balaban J connectivity index is 1.65. The van der Waals surface area contributed by atoms with Gasteiger partial charge < -0.3 is 9.15 Å². The van der Waals surface area contributed by atoms with Crippen molar-refractivity contribution in [3.63, 3.8) is 0 Å². The number of carbonyl (C=O) groups is 2. The molecule has 1 aromatic heterocycles. The summed E-state index contributed by atoms with van der Waals surface area (Å²) in [7, 11) is -3.43. The molecule has 0 fully saturated rings. The molecule has 0 radical (unpaired) electrons. The van der Waals surface area contributed by atoms with Gasteiger partial charge in [-0.25, -0.2) is 17.6 Å². The lowest BCUT2D eigenvalue weighted by molar-refractivity contribution is 0.0290. The molecule has 7 nitrogen and oxygen atoms in total. The van der Waals surface area contributed by atoms with Crippen LogP contribution in [0.2, 0.25) is 0 Å². The number of Topliss-reactive ketones (excluding diaryl/α,β-unsaturated/α-hetero) is 1. The molecule has 0 aliphatic heterocycles. The minimum atomic E-state index is -3.43. The number of anilines is 1. The molecule has 0 spiro atoms. The van der Waals surface area contributed by atoms with Crippen LogP contribution in [0, 0.1) is 5.82 Å². The molecule has 2 aromatic carbocycles. The van der Waals surface area contributed by atoms with Crippen LogP contribution < -0.4 is 4.72 Å². The molecule has 0 amide bonds. The van der Waals surface area contributed by atoms with E-state index in [2.05, 4.69) is 4.72 Å². The van der Waals surface area contributed by atoms with Crippen molar-refractivity contribution >= 4 is 27.5 Å². The molecular weight excluding hydrogens is 413 g/mol. The standard InChI is InChI=1S/C21H18FNO6S/c1-13(20(24)15-5-9-17(10-6-15)23-30(2,26)27)28-21(25)19-12-11-18(29-19)14-3-7-16(22)8-4-14/h3-13,23H,1-2H3. The maximum atomic E-state index is 13.0. The first-order chi connectivity index (χ1) is 14.1. The minimum absolute atomic E-state index is 0.0957. The van der Waals surface area contributed by atoms with Crippen LogP contribution >= 0.6 is 0 Å². The topological polar surface area (TPSA) is 103 Å². The fraction of sp³-hybridized carbons (Fsp3) is 0.143. The fourth-order valence-electron chi connectivity index (χ4n) is 2.64. The average Bonchev–Trinajstić information content (AvgIpc) is 3.17. The van der Waals surface area contributed by atoms with Crippen LogP contribution in [0.15, 0.2) is 65.1 Å². The molecule has 30 heavy (non-hydrogen) atoms. The van der Waals surface area contributed by atoms with Gasteiger partial charge in [0.25, 0.3) is 0 Å². The summed E-state index contributed by atoms with van der Waals surface area (Å²) < 4.78 is 48.4. The van der Waals surface area contributed by atoms with Gasteiger partial charge in [-0.15, -0.1) is 0 Å². The molecule has 0 saturated heterocycles. The van der Waals surface area contributed by atoms with E-state index in [1.807, 2.05) is 0 Å². The van der Waals surface area contributed by atoms with Crippen molar-refractivity contribution in [3.05, 3.63) is 77.8 Å². The summed E-state index contributed by atoms with van der Waals surface area (Å²) in [6, 6.07) is 14.2. The van der Waals surface area contributed by atoms with Crippen molar-refractivity contribution in [2.24, 2.45) is 0 Å². The SMILES string of the molecule is CC(OC(=O)c1ccc(-c2ccc(F)cc2)o1)C(=O)c1ccc(NS(C)(=O)=O)cc1. The zero-order chi connectivity index (χ0) is 21.9. The number of furan rings is 1. The summed E-state index contributed by atoms with van der Waals surface area (Å²) in [5, 5.41) is 0. The van der Waals surface area contributed by atoms with Gasteiger partial charge in [0.2, 0.25) is 21.6 Å². The van der Waals surface area contributed by atoms with Gasteiger partial charge in [-0.05, 0) is 67.6 Å². The Labute approximate surface area is 172 Å². The highest BCUT2D eigenvalue weighted by Crippen LogP contribution is 2.23. The lowest BCUT2D eigenvalue weighted by Gasteiger charge is -2.12. The summed E-state index contributed by atoms with van der Waals surface area (Å²) in [6.45, 7) is 1.42. The van der Waals surface area contributed by atoms with Gasteiger partial charge in [0.15, 0.2) is 6.10 Å². The van der Waals surface area contributed by atoms with Crippen LogP contribution in [0.4, 0.5) is 10.1 Å². The second-order valence-corrected chi connectivity index (χ2v) is 8.28. The number of esters is 1. The fourth-order valence-corrected chi connectivity index (χ4v) is 3.20. The van der Waals surface area contributed by atoms with E-state index in [1.165, 1.54) is 61.5 Å². The third-order valence-electron chi connectivity index (χ3n) is 4.06.